The Bertz CT molecular complexity index is 1430. The highest BCUT2D eigenvalue weighted by atomic mass is 32.2. The summed E-state index contributed by atoms with van der Waals surface area (Å²) < 4.78 is 56.8. The largest absolute Gasteiger partial charge is 0.289 e. The molecule has 0 bridgehead atoms. The van der Waals surface area contributed by atoms with Crippen LogP contribution in [0.25, 0.3) is 0 Å². The summed E-state index contributed by atoms with van der Waals surface area (Å²) in [4.78, 5) is 26.9. The first-order chi connectivity index (χ1) is 18.6. The van der Waals surface area contributed by atoms with Crippen molar-refractivity contribution in [3.63, 3.8) is 0 Å². The highest BCUT2D eigenvalue weighted by Crippen LogP contribution is 2.32. The summed E-state index contributed by atoms with van der Waals surface area (Å²) in [6.07, 6.45) is 7.71. The molecule has 1 fully saturated rings. The van der Waals surface area contributed by atoms with E-state index >= 15 is 0 Å². The van der Waals surface area contributed by atoms with Crippen molar-refractivity contribution in [2.45, 2.75) is 81.4 Å². The van der Waals surface area contributed by atoms with Crippen LogP contribution in [0.1, 0.15) is 103 Å². The minimum absolute atomic E-state index is 0.0102. The summed E-state index contributed by atoms with van der Waals surface area (Å²) in [5.41, 5.74) is 0.228. The third-order valence-corrected chi connectivity index (χ3v) is 11.4. The second-order valence-electron chi connectivity index (χ2n) is 10.4. The van der Waals surface area contributed by atoms with Gasteiger partial charge in [-0.2, -0.15) is 8.61 Å². The standard InChI is InChI=1S/C29H38N2O6S2/c1-3-5-16-30(17-6-4-2)38(34,35)22-12-14-24-26(20-22)29(33)27-21-23(13-15-25(27)28(24)32)39(36,37)31-18-10-8-7-9-11-19-31/h12-15,20-21H,3-11,16-19H2,1-2H3. The molecule has 2 aliphatic rings. The van der Waals surface area contributed by atoms with Gasteiger partial charge in [0.15, 0.2) is 11.6 Å². The fraction of sp³-hybridized carbons (Fsp3) is 0.517. The van der Waals surface area contributed by atoms with Crippen molar-refractivity contribution < 1.29 is 26.4 Å². The Hall–Kier alpha value is -2.40. The molecule has 0 saturated carbocycles. The van der Waals surface area contributed by atoms with Gasteiger partial charge in [-0.1, -0.05) is 46.0 Å². The Morgan fingerprint density at radius 2 is 1.13 bits per heavy atom. The molecule has 10 heteroatoms. The molecule has 0 atom stereocenters. The predicted molar refractivity (Wildman–Crippen MR) is 150 cm³/mol. The molecule has 0 radical (unpaired) electrons. The van der Waals surface area contributed by atoms with E-state index in [0.717, 1.165) is 44.9 Å². The van der Waals surface area contributed by atoms with Crippen molar-refractivity contribution in [1.82, 2.24) is 8.61 Å². The predicted octanol–water partition coefficient (Wildman–Crippen LogP) is 5.01. The van der Waals surface area contributed by atoms with Crippen LogP contribution in [0.4, 0.5) is 0 Å². The fourth-order valence-electron chi connectivity index (χ4n) is 5.21. The Labute approximate surface area is 232 Å². The lowest BCUT2D eigenvalue weighted by atomic mass is 9.84. The molecule has 39 heavy (non-hydrogen) atoms. The summed E-state index contributed by atoms with van der Waals surface area (Å²) in [6, 6.07) is 8.13. The van der Waals surface area contributed by atoms with Gasteiger partial charge in [-0.3, -0.25) is 9.59 Å². The van der Waals surface area contributed by atoms with Crippen molar-refractivity contribution in [3.05, 3.63) is 58.7 Å². The second-order valence-corrected chi connectivity index (χ2v) is 14.2. The number of hydrogen-bond acceptors (Lipinski definition) is 6. The van der Waals surface area contributed by atoms with Crippen molar-refractivity contribution >= 4 is 31.6 Å². The Morgan fingerprint density at radius 1 is 0.667 bits per heavy atom. The molecule has 4 rings (SSSR count). The number of sulfonamides is 2. The van der Waals surface area contributed by atoms with Crippen LogP contribution in [-0.2, 0) is 20.0 Å². The van der Waals surface area contributed by atoms with E-state index in [1.54, 1.807) is 0 Å². The third-order valence-electron chi connectivity index (χ3n) is 7.57. The van der Waals surface area contributed by atoms with Gasteiger partial charge in [-0.05, 0) is 62.1 Å². The molecule has 1 saturated heterocycles. The third kappa shape index (κ3) is 6.04. The van der Waals surface area contributed by atoms with E-state index in [1.165, 1.54) is 45.0 Å². The zero-order valence-corrected chi connectivity index (χ0v) is 24.4. The smallest absolute Gasteiger partial charge is 0.243 e. The zero-order chi connectivity index (χ0) is 28.2. The van der Waals surface area contributed by atoms with E-state index < -0.39 is 31.6 Å². The molecular weight excluding hydrogens is 536 g/mol. The zero-order valence-electron chi connectivity index (χ0n) is 22.8. The van der Waals surface area contributed by atoms with Crippen LogP contribution >= 0.6 is 0 Å². The molecule has 1 aliphatic heterocycles. The van der Waals surface area contributed by atoms with Gasteiger partial charge >= 0.3 is 0 Å². The van der Waals surface area contributed by atoms with Gasteiger partial charge in [0.05, 0.1) is 9.79 Å². The number of carbonyl (C=O) groups is 2. The lowest BCUT2D eigenvalue weighted by Gasteiger charge is -2.25. The van der Waals surface area contributed by atoms with E-state index in [0.29, 0.717) is 39.0 Å². The number of unbranched alkanes of at least 4 members (excludes halogenated alkanes) is 2. The van der Waals surface area contributed by atoms with E-state index in [1.807, 2.05) is 13.8 Å². The van der Waals surface area contributed by atoms with Crippen molar-refractivity contribution in [2.24, 2.45) is 0 Å². The molecule has 1 aliphatic carbocycles. The SMILES string of the molecule is CCCCN(CCCC)S(=O)(=O)c1ccc2c(c1)C(=O)c1cc(S(=O)(=O)N3CCCCCCC3)ccc1C2=O. The van der Waals surface area contributed by atoms with Gasteiger partial charge in [0, 0.05) is 48.4 Å². The number of carbonyl (C=O) groups excluding carboxylic acids is 2. The summed E-state index contributed by atoms with van der Waals surface area (Å²) >= 11 is 0. The van der Waals surface area contributed by atoms with Crippen molar-refractivity contribution in [1.29, 1.82) is 0 Å². The summed E-state index contributed by atoms with van der Waals surface area (Å²) in [5, 5.41) is 0. The van der Waals surface area contributed by atoms with Gasteiger partial charge in [0.25, 0.3) is 0 Å². The summed E-state index contributed by atoms with van der Waals surface area (Å²) in [7, 11) is -7.73. The number of ketones is 2. The first kappa shape index (κ1) is 29.6. The number of rotatable bonds is 10. The van der Waals surface area contributed by atoms with Crippen molar-refractivity contribution in [3.8, 4) is 0 Å². The van der Waals surface area contributed by atoms with Gasteiger partial charge in [0.2, 0.25) is 20.0 Å². The first-order valence-corrected chi connectivity index (χ1v) is 16.9. The Balaban J connectivity index is 1.70. The molecule has 0 aromatic heterocycles. The van der Waals surface area contributed by atoms with Crippen LogP contribution in [-0.4, -0.2) is 63.2 Å². The lowest BCUT2D eigenvalue weighted by molar-refractivity contribution is 0.0978. The number of fused-ring (bicyclic) bond motifs is 2. The fourth-order valence-corrected chi connectivity index (χ4v) is 8.30. The maximum absolute atomic E-state index is 13.6. The first-order valence-electron chi connectivity index (χ1n) is 14.0. The second kappa shape index (κ2) is 12.4. The quantitative estimate of drug-likeness (QED) is 0.337. The molecule has 2 aromatic rings. The summed E-state index contributed by atoms with van der Waals surface area (Å²) in [5.74, 6) is -0.970. The van der Waals surface area contributed by atoms with E-state index in [-0.39, 0.29) is 32.0 Å². The average molecular weight is 575 g/mol. The minimum atomic E-state index is -3.88. The summed E-state index contributed by atoms with van der Waals surface area (Å²) in [6.45, 7) is 5.58. The van der Waals surface area contributed by atoms with E-state index in [4.69, 9.17) is 0 Å². The Morgan fingerprint density at radius 3 is 1.67 bits per heavy atom. The van der Waals surface area contributed by atoms with Crippen LogP contribution in [0, 0.1) is 0 Å². The average Bonchev–Trinajstić information content (AvgIpc) is 2.90. The van der Waals surface area contributed by atoms with Crippen LogP contribution < -0.4 is 0 Å². The topological polar surface area (TPSA) is 109 Å². The monoisotopic (exact) mass is 574 g/mol. The number of nitrogens with zero attached hydrogens (tertiary/aromatic N) is 2. The molecule has 0 unspecified atom stereocenters. The number of hydrogen-bond donors (Lipinski definition) is 0. The van der Waals surface area contributed by atoms with Crippen LogP contribution in [0.5, 0.6) is 0 Å². The maximum Gasteiger partial charge on any atom is 0.243 e. The molecule has 0 N–H and O–H groups in total. The maximum atomic E-state index is 13.6. The van der Waals surface area contributed by atoms with Gasteiger partial charge < -0.3 is 0 Å². The highest BCUT2D eigenvalue weighted by molar-refractivity contribution is 7.89. The molecule has 0 amide bonds. The highest BCUT2D eigenvalue weighted by Gasteiger charge is 2.34. The van der Waals surface area contributed by atoms with Gasteiger partial charge in [0.1, 0.15) is 0 Å². The molecule has 0 spiro atoms. The van der Waals surface area contributed by atoms with Crippen LogP contribution in [0.3, 0.4) is 0 Å². The Kier molecular flexibility index (Phi) is 9.41. The minimum Gasteiger partial charge on any atom is -0.289 e. The molecule has 212 valence electrons. The molecule has 2 aromatic carbocycles. The normalized spacial score (nSPS) is 17.0. The van der Waals surface area contributed by atoms with Crippen LogP contribution in [0.15, 0.2) is 46.2 Å². The van der Waals surface area contributed by atoms with Gasteiger partial charge in [-0.25, -0.2) is 16.8 Å². The number of benzene rings is 2. The molecule has 1 heterocycles. The van der Waals surface area contributed by atoms with Crippen molar-refractivity contribution in [2.75, 3.05) is 26.2 Å². The van der Waals surface area contributed by atoms with Gasteiger partial charge in [-0.15, -0.1) is 0 Å². The lowest BCUT2D eigenvalue weighted by Crippen LogP contribution is -2.34. The van der Waals surface area contributed by atoms with E-state index in [2.05, 4.69) is 0 Å². The van der Waals surface area contributed by atoms with E-state index in [9.17, 15) is 26.4 Å². The molecule has 8 nitrogen and oxygen atoms in total. The van der Waals surface area contributed by atoms with Crippen LogP contribution in [0.2, 0.25) is 0 Å². The molecular formula is C29H38N2O6S2.